The van der Waals surface area contributed by atoms with E-state index in [0.717, 1.165) is 5.56 Å². The molecule has 5 heteroatoms. The molecule has 1 aromatic rings. The molecular weight excluding hydrogens is 256 g/mol. The van der Waals surface area contributed by atoms with Gasteiger partial charge in [-0.15, -0.1) is 0 Å². The third kappa shape index (κ3) is 4.66. The van der Waals surface area contributed by atoms with Gasteiger partial charge >= 0.3 is 0 Å². The summed E-state index contributed by atoms with van der Waals surface area (Å²) in [5, 5.41) is 14.8. The first-order chi connectivity index (χ1) is 9.45. The lowest BCUT2D eigenvalue weighted by molar-refractivity contribution is -0.129. The summed E-state index contributed by atoms with van der Waals surface area (Å²) in [7, 11) is 0. The Morgan fingerprint density at radius 3 is 2.20 bits per heavy atom. The van der Waals surface area contributed by atoms with Gasteiger partial charge in [0.15, 0.2) is 0 Å². The van der Waals surface area contributed by atoms with Crippen LogP contribution in [0.25, 0.3) is 0 Å². The predicted octanol–water partition coefficient (Wildman–Crippen LogP) is 0.997. The van der Waals surface area contributed by atoms with Gasteiger partial charge in [0.2, 0.25) is 11.8 Å². The van der Waals surface area contributed by atoms with E-state index in [2.05, 4.69) is 10.6 Å². The molecular formula is C15H22N2O3. The van der Waals surface area contributed by atoms with Crippen molar-refractivity contribution in [3.8, 4) is 0 Å². The van der Waals surface area contributed by atoms with Gasteiger partial charge in [-0.1, -0.05) is 44.2 Å². The van der Waals surface area contributed by atoms with Crippen LogP contribution >= 0.6 is 0 Å². The molecule has 3 N–H and O–H groups in total. The molecule has 1 aromatic carbocycles. The normalized spacial score (nSPS) is 13.7. The van der Waals surface area contributed by atoms with Gasteiger partial charge in [0.25, 0.3) is 0 Å². The second-order valence-corrected chi connectivity index (χ2v) is 5.08. The zero-order chi connectivity index (χ0) is 15.1. The van der Waals surface area contributed by atoms with Crippen molar-refractivity contribution in [2.24, 2.45) is 5.92 Å². The highest BCUT2D eigenvalue weighted by Crippen LogP contribution is 2.13. The van der Waals surface area contributed by atoms with E-state index in [1.807, 2.05) is 44.2 Å². The van der Waals surface area contributed by atoms with Crippen LogP contribution in [0.3, 0.4) is 0 Å². The summed E-state index contributed by atoms with van der Waals surface area (Å²) in [5.41, 5.74) is 0.827. The summed E-state index contributed by atoms with van der Waals surface area (Å²) in [6.45, 7) is 4.90. The molecule has 0 aliphatic carbocycles. The zero-order valence-electron chi connectivity index (χ0n) is 12.1. The SMILES string of the molecule is CC(=O)NC(C(=O)NC(CO)c1ccccc1)C(C)C. The third-order valence-corrected chi connectivity index (χ3v) is 3.01. The van der Waals surface area contributed by atoms with Gasteiger partial charge in [-0.3, -0.25) is 9.59 Å². The Bertz CT molecular complexity index is 446. The van der Waals surface area contributed by atoms with Gasteiger partial charge in [0, 0.05) is 6.92 Å². The van der Waals surface area contributed by atoms with Crippen LogP contribution in [0.15, 0.2) is 30.3 Å². The Labute approximate surface area is 119 Å². The monoisotopic (exact) mass is 278 g/mol. The molecule has 0 aliphatic heterocycles. The third-order valence-electron chi connectivity index (χ3n) is 3.01. The molecule has 0 saturated heterocycles. The molecule has 0 bridgehead atoms. The molecule has 1 rings (SSSR count). The maximum Gasteiger partial charge on any atom is 0.243 e. The number of hydrogen-bond acceptors (Lipinski definition) is 3. The number of hydrogen-bond donors (Lipinski definition) is 3. The number of aliphatic hydroxyl groups is 1. The van der Waals surface area contributed by atoms with Crippen molar-refractivity contribution in [2.45, 2.75) is 32.9 Å². The Morgan fingerprint density at radius 2 is 1.75 bits per heavy atom. The van der Waals surface area contributed by atoms with Crippen molar-refractivity contribution in [1.82, 2.24) is 10.6 Å². The van der Waals surface area contributed by atoms with E-state index in [-0.39, 0.29) is 24.3 Å². The fourth-order valence-corrected chi connectivity index (χ4v) is 1.94. The van der Waals surface area contributed by atoms with Gasteiger partial charge in [-0.25, -0.2) is 0 Å². The topological polar surface area (TPSA) is 78.4 Å². The largest absolute Gasteiger partial charge is 0.394 e. The maximum atomic E-state index is 12.2. The number of rotatable bonds is 6. The lowest BCUT2D eigenvalue weighted by atomic mass is 10.0. The number of benzene rings is 1. The van der Waals surface area contributed by atoms with Crippen LogP contribution in [0.2, 0.25) is 0 Å². The molecule has 0 radical (unpaired) electrons. The van der Waals surface area contributed by atoms with Gasteiger partial charge in [0.05, 0.1) is 12.6 Å². The summed E-state index contributed by atoms with van der Waals surface area (Å²) in [6.07, 6.45) is 0. The van der Waals surface area contributed by atoms with Crippen molar-refractivity contribution in [3.63, 3.8) is 0 Å². The number of carbonyl (C=O) groups is 2. The van der Waals surface area contributed by atoms with Crippen molar-refractivity contribution < 1.29 is 14.7 Å². The highest BCUT2D eigenvalue weighted by atomic mass is 16.3. The summed E-state index contributed by atoms with van der Waals surface area (Å²) in [6, 6.07) is 8.15. The summed E-state index contributed by atoms with van der Waals surface area (Å²) < 4.78 is 0. The molecule has 0 aromatic heterocycles. The highest BCUT2D eigenvalue weighted by Gasteiger charge is 2.25. The maximum absolute atomic E-state index is 12.2. The van der Waals surface area contributed by atoms with Crippen molar-refractivity contribution in [3.05, 3.63) is 35.9 Å². The molecule has 2 unspecified atom stereocenters. The number of carbonyl (C=O) groups excluding carboxylic acids is 2. The van der Waals surface area contributed by atoms with Gasteiger partial charge in [-0.05, 0) is 11.5 Å². The minimum Gasteiger partial charge on any atom is -0.394 e. The summed E-state index contributed by atoms with van der Waals surface area (Å²) >= 11 is 0. The predicted molar refractivity (Wildman–Crippen MR) is 76.9 cm³/mol. The average molecular weight is 278 g/mol. The van der Waals surface area contributed by atoms with E-state index in [1.54, 1.807) is 0 Å². The van der Waals surface area contributed by atoms with Crippen LogP contribution in [0, 0.1) is 5.92 Å². The Balaban J connectivity index is 2.77. The lowest BCUT2D eigenvalue weighted by Crippen LogP contribution is -2.50. The first kappa shape index (κ1) is 16.2. The second kappa shape index (κ2) is 7.65. The van der Waals surface area contributed by atoms with Gasteiger partial charge < -0.3 is 15.7 Å². The Morgan fingerprint density at radius 1 is 1.15 bits per heavy atom. The van der Waals surface area contributed by atoms with E-state index < -0.39 is 12.1 Å². The quantitative estimate of drug-likeness (QED) is 0.726. The second-order valence-electron chi connectivity index (χ2n) is 5.08. The molecule has 0 spiro atoms. The number of amides is 2. The molecule has 2 atom stereocenters. The van der Waals surface area contributed by atoms with Crippen molar-refractivity contribution in [1.29, 1.82) is 0 Å². The van der Waals surface area contributed by atoms with Crippen LogP contribution < -0.4 is 10.6 Å². The number of aliphatic hydroxyl groups excluding tert-OH is 1. The fourth-order valence-electron chi connectivity index (χ4n) is 1.94. The Hall–Kier alpha value is -1.88. The van der Waals surface area contributed by atoms with E-state index in [4.69, 9.17) is 0 Å². The lowest BCUT2D eigenvalue weighted by Gasteiger charge is -2.24. The highest BCUT2D eigenvalue weighted by molar-refractivity contribution is 5.87. The molecule has 0 fully saturated rings. The molecule has 0 heterocycles. The zero-order valence-corrected chi connectivity index (χ0v) is 12.1. The molecule has 2 amide bonds. The van der Waals surface area contributed by atoms with Gasteiger partial charge in [-0.2, -0.15) is 0 Å². The summed E-state index contributed by atoms with van der Waals surface area (Å²) in [4.78, 5) is 23.4. The first-order valence-corrected chi connectivity index (χ1v) is 6.69. The van der Waals surface area contributed by atoms with Crippen LogP contribution in [0.4, 0.5) is 0 Å². The van der Waals surface area contributed by atoms with Crippen LogP contribution in [0.1, 0.15) is 32.4 Å². The average Bonchev–Trinajstić information content (AvgIpc) is 2.42. The smallest absolute Gasteiger partial charge is 0.243 e. The Kier molecular flexibility index (Phi) is 6.18. The number of nitrogens with one attached hydrogen (secondary N) is 2. The summed E-state index contributed by atoms with van der Waals surface area (Å²) in [5.74, 6) is -0.578. The van der Waals surface area contributed by atoms with E-state index in [0.29, 0.717) is 0 Å². The van der Waals surface area contributed by atoms with E-state index in [1.165, 1.54) is 6.92 Å². The molecule has 0 aliphatic rings. The van der Waals surface area contributed by atoms with Crippen molar-refractivity contribution >= 4 is 11.8 Å². The minimum atomic E-state index is -0.606. The van der Waals surface area contributed by atoms with Crippen LogP contribution in [-0.2, 0) is 9.59 Å². The van der Waals surface area contributed by atoms with E-state index >= 15 is 0 Å². The molecule has 0 saturated carbocycles. The fraction of sp³-hybridized carbons (Fsp3) is 0.467. The van der Waals surface area contributed by atoms with E-state index in [9.17, 15) is 14.7 Å². The van der Waals surface area contributed by atoms with Crippen LogP contribution in [0.5, 0.6) is 0 Å². The minimum absolute atomic E-state index is 0.0333. The van der Waals surface area contributed by atoms with Crippen molar-refractivity contribution in [2.75, 3.05) is 6.61 Å². The van der Waals surface area contributed by atoms with Crippen LogP contribution in [-0.4, -0.2) is 29.6 Å². The molecule has 5 nitrogen and oxygen atoms in total. The van der Waals surface area contributed by atoms with Gasteiger partial charge in [0.1, 0.15) is 6.04 Å². The standard InChI is InChI=1S/C15H22N2O3/c1-10(2)14(16-11(3)19)15(20)17-13(9-18)12-7-5-4-6-8-12/h4-8,10,13-14,18H,9H2,1-3H3,(H,16,19)(H,17,20). The molecule has 110 valence electrons. The first-order valence-electron chi connectivity index (χ1n) is 6.69. The molecule has 20 heavy (non-hydrogen) atoms.